The number of nitrogens with one attached hydrogen (secondary N) is 1. The first-order valence-corrected chi connectivity index (χ1v) is 16.2. The van der Waals surface area contributed by atoms with Crippen LogP contribution in [0.15, 0.2) is 35.5 Å². The monoisotopic (exact) mass is 637 g/mol. The number of carbonyl (C=O) groups excluding carboxylic acids is 1. The Morgan fingerprint density at radius 2 is 1.84 bits per heavy atom. The first kappa shape index (κ1) is 36.2. The number of rotatable bonds is 11. The molecule has 3 aliphatic carbocycles. The van der Waals surface area contributed by atoms with Crippen LogP contribution in [0, 0.1) is 29.1 Å². The van der Waals surface area contributed by atoms with Crippen LogP contribution in [0.25, 0.3) is 0 Å². The van der Waals surface area contributed by atoms with Gasteiger partial charge < -0.3 is 49.8 Å². The van der Waals surface area contributed by atoms with E-state index in [1.165, 1.54) is 6.92 Å². The highest BCUT2D eigenvalue weighted by molar-refractivity contribution is 5.72. The smallest absolute Gasteiger partial charge is 0.216 e. The van der Waals surface area contributed by atoms with Gasteiger partial charge in [0.15, 0.2) is 6.29 Å². The number of methoxy groups -OCH3 is 1. The maximum absolute atomic E-state index is 12.2. The highest BCUT2D eigenvalue weighted by atomic mass is 16.7. The fourth-order valence-corrected chi connectivity index (χ4v) is 7.64. The predicted octanol–water partition coefficient (Wildman–Crippen LogP) is 1.61. The average Bonchev–Trinajstić information content (AvgIpc) is 3.49. The fraction of sp³-hybridized carbons (Fsp3) is 0.794. The van der Waals surface area contributed by atoms with Crippen molar-refractivity contribution in [1.29, 1.82) is 0 Å². The van der Waals surface area contributed by atoms with Crippen molar-refractivity contribution in [2.45, 2.75) is 115 Å². The second-order valence-corrected chi connectivity index (χ2v) is 14.3. The second kappa shape index (κ2) is 14.2. The summed E-state index contributed by atoms with van der Waals surface area (Å²) in [7, 11) is 1.68. The van der Waals surface area contributed by atoms with E-state index in [0.717, 1.165) is 24.0 Å². The maximum atomic E-state index is 12.2. The summed E-state index contributed by atoms with van der Waals surface area (Å²) in [4.78, 5) is 11.8. The Labute approximate surface area is 267 Å². The van der Waals surface area contributed by atoms with Crippen LogP contribution < -0.4 is 5.32 Å². The molecule has 11 heteroatoms. The molecule has 1 saturated heterocycles. The second-order valence-electron chi connectivity index (χ2n) is 14.3. The lowest BCUT2D eigenvalue weighted by Gasteiger charge is -2.46. The van der Waals surface area contributed by atoms with Crippen molar-refractivity contribution in [2.24, 2.45) is 29.1 Å². The summed E-state index contributed by atoms with van der Waals surface area (Å²) in [6.45, 7) is 15.4. The Balaban J connectivity index is 1.78. The van der Waals surface area contributed by atoms with Crippen LogP contribution in [0.3, 0.4) is 0 Å². The predicted molar refractivity (Wildman–Crippen MR) is 167 cm³/mol. The van der Waals surface area contributed by atoms with Gasteiger partial charge in [0.2, 0.25) is 5.91 Å². The molecule has 45 heavy (non-hydrogen) atoms. The first-order valence-electron chi connectivity index (χ1n) is 16.2. The highest BCUT2D eigenvalue weighted by Gasteiger charge is 2.55. The van der Waals surface area contributed by atoms with E-state index in [4.69, 9.17) is 18.9 Å². The third kappa shape index (κ3) is 7.27. The number of amides is 1. The van der Waals surface area contributed by atoms with Crippen LogP contribution in [0.2, 0.25) is 0 Å². The summed E-state index contributed by atoms with van der Waals surface area (Å²) in [5, 5.41) is 59.5. The molecule has 0 bridgehead atoms. The molecular weight excluding hydrogens is 582 g/mol. The number of hydrogen-bond acceptors (Lipinski definition) is 10. The first-order chi connectivity index (χ1) is 21.1. The van der Waals surface area contributed by atoms with Crippen LogP contribution in [0.4, 0.5) is 0 Å². The topological polar surface area (TPSA) is 167 Å². The van der Waals surface area contributed by atoms with Crippen molar-refractivity contribution in [1.82, 2.24) is 5.32 Å². The molecule has 1 amide bonds. The number of carbonyl (C=O) groups is 1. The van der Waals surface area contributed by atoms with Crippen LogP contribution in [0.1, 0.15) is 60.8 Å². The van der Waals surface area contributed by atoms with Gasteiger partial charge in [0, 0.05) is 31.9 Å². The van der Waals surface area contributed by atoms with Crippen molar-refractivity contribution in [3.8, 4) is 0 Å². The highest BCUT2D eigenvalue weighted by Crippen LogP contribution is 2.55. The molecular formula is C34H55NO10. The molecule has 6 N–H and O–H groups in total. The van der Waals surface area contributed by atoms with Crippen LogP contribution in [-0.2, 0) is 23.7 Å². The Morgan fingerprint density at radius 3 is 2.47 bits per heavy atom. The van der Waals surface area contributed by atoms with Crippen molar-refractivity contribution < 1.29 is 49.3 Å². The molecule has 11 nitrogen and oxygen atoms in total. The number of ether oxygens (including phenoxy) is 4. The van der Waals surface area contributed by atoms with Gasteiger partial charge in [-0.25, -0.2) is 0 Å². The summed E-state index contributed by atoms with van der Waals surface area (Å²) in [5.41, 5.74) is 1.02. The Bertz CT molecular complexity index is 1140. The molecule has 0 aromatic heterocycles. The van der Waals surface area contributed by atoms with Crippen molar-refractivity contribution in [3.05, 3.63) is 35.5 Å². The third-order valence-electron chi connectivity index (χ3n) is 10.7. The Morgan fingerprint density at radius 1 is 1.16 bits per heavy atom. The van der Waals surface area contributed by atoms with Gasteiger partial charge in [-0.15, -0.1) is 6.58 Å². The standard InChI is InChI=1S/C34H55NO10/c1-9-33(5,6)43-16-24-28(39)29(40)30(41)32(44-24)45-31-26-22(17(2)14-35-19(4)36)12-25(37)34(26,7)13-23-20(15-42-8)10-11-21(23)18(3)27(31)38/h9,13,17-18,20-21,24-25,27-32,37-41H,1,10-12,14-16H2,2-8H3,(H,35,36)/b23-13-/t17-,18-,20-,21+,24-,25+,27-,28-,29+,30-,31-,32-,34+/m1/s1. The number of aliphatic hydroxyl groups excluding tert-OH is 5. The molecule has 13 atom stereocenters. The molecule has 1 saturated carbocycles. The van der Waals surface area contributed by atoms with E-state index in [1.54, 1.807) is 27.0 Å². The largest absolute Gasteiger partial charge is 0.392 e. The van der Waals surface area contributed by atoms with Crippen LogP contribution in [0.5, 0.6) is 0 Å². The molecule has 0 spiro atoms. The maximum Gasteiger partial charge on any atom is 0.216 e. The van der Waals surface area contributed by atoms with Gasteiger partial charge >= 0.3 is 0 Å². The van der Waals surface area contributed by atoms with E-state index in [2.05, 4.69) is 18.0 Å². The molecule has 4 aliphatic rings. The number of aliphatic hydroxyl groups is 5. The van der Waals surface area contributed by atoms with Gasteiger partial charge in [0.25, 0.3) is 0 Å². The molecule has 0 radical (unpaired) electrons. The number of hydrogen-bond donors (Lipinski definition) is 6. The number of fused-ring (bicyclic) bond motifs is 2. The van der Waals surface area contributed by atoms with Gasteiger partial charge in [-0.1, -0.05) is 37.1 Å². The van der Waals surface area contributed by atoms with E-state index in [1.807, 2.05) is 20.8 Å². The molecule has 0 aromatic rings. The quantitative estimate of drug-likeness (QED) is 0.183. The molecule has 256 valence electrons. The summed E-state index contributed by atoms with van der Waals surface area (Å²) in [6, 6.07) is 0. The minimum atomic E-state index is -1.63. The summed E-state index contributed by atoms with van der Waals surface area (Å²) in [5.74, 6) is -0.477. The Hall–Kier alpha value is -1.67. The van der Waals surface area contributed by atoms with E-state index in [-0.39, 0.29) is 36.2 Å². The molecule has 1 heterocycles. The van der Waals surface area contributed by atoms with E-state index in [0.29, 0.717) is 25.1 Å². The van der Waals surface area contributed by atoms with Crippen molar-refractivity contribution >= 4 is 5.91 Å². The van der Waals surface area contributed by atoms with E-state index >= 15 is 0 Å². The van der Waals surface area contributed by atoms with Gasteiger partial charge in [-0.2, -0.15) is 0 Å². The lowest BCUT2D eigenvalue weighted by molar-refractivity contribution is -0.319. The normalized spacial score (nSPS) is 42.2. The van der Waals surface area contributed by atoms with Gasteiger partial charge in [-0.3, -0.25) is 4.79 Å². The molecule has 0 unspecified atom stereocenters. The molecule has 1 aliphatic heterocycles. The molecule has 2 fully saturated rings. The van der Waals surface area contributed by atoms with Crippen LogP contribution >= 0.6 is 0 Å². The minimum absolute atomic E-state index is 0.0181. The van der Waals surface area contributed by atoms with Crippen molar-refractivity contribution in [2.75, 3.05) is 26.9 Å². The van der Waals surface area contributed by atoms with Crippen molar-refractivity contribution in [3.63, 3.8) is 0 Å². The zero-order valence-corrected chi connectivity index (χ0v) is 27.8. The molecule has 4 rings (SSSR count). The van der Waals surface area contributed by atoms with Gasteiger partial charge in [0.1, 0.15) is 30.5 Å². The SMILES string of the molecule is C=CC(C)(C)OC[C@H]1O[C@H](O[C@@H]2C3=C([C@H](C)CNC(C)=O)C[C@H](O)[C@]3(C)/C=C3/[C@@H](COC)CC[C@H]3[C@@H](C)[C@H]2O)[C@H](O)[C@@H](O)[C@@H]1O. The zero-order valence-electron chi connectivity index (χ0n) is 27.8. The minimum Gasteiger partial charge on any atom is -0.392 e. The Kier molecular flexibility index (Phi) is 11.4. The summed E-state index contributed by atoms with van der Waals surface area (Å²) >= 11 is 0. The summed E-state index contributed by atoms with van der Waals surface area (Å²) in [6.07, 6.45) is -4.30. The zero-order chi connectivity index (χ0) is 33.4. The van der Waals surface area contributed by atoms with Gasteiger partial charge in [0.05, 0.1) is 31.0 Å². The van der Waals surface area contributed by atoms with E-state index < -0.39 is 60.0 Å². The lowest BCUT2D eigenvalue weighted by atomic mass is 9.68. The lowest BCUT2D eigenvalue weighted by Crippen LogP contribution is -2.61. The average molecular weight is 638 g/mol. The fourth-order valence-electron chi connectivity index (χ4n) is 7.64. The molecule has 0 aromatic carbocycles. The van der Waals surface area contributed by atoms with Crippen LogP contribution in [-0.4, -0.2) is 113 Å². The third-order valence-corrected chi connectivity index (χ3v) is 10.7. The van der Waals surface area contributed by atoms with Gasteiger partial charge in [-0.05, 0) is 63.4 Å². The van der Waals surface area contributed by atoms with E-state index in [9.17, 15) is 30.3 Å². The summed E-state index contributed by atoms with van der Waals surface area (Å²) < 4.78 is 24.0.